The fourth-order valence-corrected chi connectivity index (χ4v) is 3.39. The Morgan fingerprint density at radius 3 is 3.07 bits per heavy atom. The average Bonchev–Trinajstić information content (AvgIpc) is 2.60. The summed E-state index contributed by atoms with van der Waals surface area (Å²) in [5.41, 5.74) is 2.37. The van der Waals surface area contributed by atoms with Gasteiger partial charge in [-0.05, 0) is 40.9 Å². The SMILES string of the molecule is Cc1cc(Br)c(CC#N)c2sccc12. The minimum absolute atomic E-state index is 0.470. The van der Waals surface area contributed by atoms with Gasteiger partial charge in [-0.25, -0.2) is 0 Å². The molecule has 1 aromatic heterocycles. The van der Waals surface area contributed by atoms with Gasteiger partial charge < -0.3 is 0 Å². The number of hydrogen-bond acceptors (Lipinski definition) is 2. The Hall–Kier alpha value is -0.850. The van der Waals surface area contributed by atoms with Gasteiger partial charge in [0.2, 0.25) is 0 Å². The number of hydrogen-bond donors (Lipinski definition) is 0. The van der Waals surface area contributed by atoms with E-state index in [4.69, 9.17) is 5.26 Å². The lowest BCUT2D eigenvalue weighted by Crippen LogP contribution is -1.86. The molecule has 0 aliphatic carbocycles. The highest BCUT2D eigenvalue weighted by molar-refractivity contribution is 9.10. The summed E-state index contributed by atoms with van der Waals surface area (Å²) in [7, 11) is 0. The smallest absolute Gasteiger partial charge is 0.0670 e. The quantitative estimate of drug-likeness (QED) is 0.764. The normalized spacial score (nSPS) is 10.4. The van der Waals surface area contributed by atoms with E-state index in [0.717, 1.165) is 10.0 Å². The van der Waals surface area contributed by atoms with E-state index in [2.05, 4.69) is 46.4 Å². The molecule has 0 aliphatic rings. The van der Waals surface area contributed by atoms with Gasteiger partial charge in [-0.2, -0.15) is 5.26 Å². The van der Waals surface area contributed by atoms with Crippen molar-refractivity contribution in [2.24, 2.45) is 0 Å². The van der Waals surface area contributed by atoms with E-state index < -0.39 is 0 Å². The summed E-state index contributed by atoms with van der Waals surface area (Å²) in [6, 6.07) is 6.40. The second-order valence-corrected chi connectivity index (χ2v) is 4.92. The van der Waals surface area contributed by atoms with Crippen LogP contribution >= 0.6 is 27.3 Å². The van der Waals surface area contributed by atoms with Crippen molar-refractivity contribution < 1.29 is 0 Å². The van der Waals surface area contributed by atoms with Gasteiger partial charge in [-0.1, -0.05) is 15.9 Å². The van der Waals surface area contributed by atoms with Gasteiger partial charge in [0.25, 0.3) is 0 Å². The van der Waals surface area contributed by atoms with Crippen LogP contribution < -0.4 is 0 Å². The topological polar surface area (TPSA) is 23.8 Å². The molecule has 1 nitrogen and oxygen atoms in total. The van der Waals surface area contributed by atoms with Gasteiger partial charge in [0, 0.05) is 9.17 Å². The highest BCUT2D eigenvalue weighted by Gasteiger charge is 2.09. The Labute approximate surface area is 95.1 Å². The molecule has 0 amide bonds. The van der Waals surface area contributed by atoms with Gasteiger partial charge in [0.15, 0.2) is 0 Å². The van der Waals surface area contributed by atoms with E-state index in [1.807, 2.05) is 0 Å². The zero-order chi connectivity index (χ0) is 10.1. The van der Waals surface area contributed by atoms with Crippen LogP contribution in [0.15, 0.2) is 22.0 Å². The Morgan fingerprint density at radius 1 is 1.57 bits per heavy atom. The molecule has 0 aliphatic heterocycles. The second kappa shape index (κ2) is 3.72. The maximum absolute atomic E-state index is 8.74. The Kier molecular flexibility index (Phi) is 2.58. The molecule has 3 heteroatoms. The summed E-state index contributed by atoms with van der Waals surface area (Å²) >= 11 is 5.21. The molecule has 0 saturated carbocycles. The van der Waals surface area contributed by atoms with Gasteiger partial charge in [0.1, 0.15) is 0 Å². The molecule has 1 aromatic carbocycles. The van der Waals surface area contributed by atoms with Crippen molar-refractivity contribution in [1.29, 1.82) is 5.26 Å². The summed E-state index contributed by atoms with van der Waals surface area (Å²) in [6.07, 6.45) is 0.470. The van der Waals surface area contributed by atoms with E-state index >= 15 is 0 Å². The highest BCUT2D eigenvalue weighted by atomic mass is 79.9. The first-order valence-electron chi connectivity index (χ1n) is 4.26. The number of rotatable bonds is 1. The maximum atomic E-state index is 8.74. The molecule has 0 saturated heterocycles. The van der Waals surface area contributed by atoms with Crippen molar-refractivity contribution in [2.45, 2.75) is 13.3 Å². The fraction of sp³-hybridized carbons (Fsp3) is 0.182. The predicted molar refractivity (Wildman–Crippen MR) is 63.6 cm³/mol. The van der Waals surface area contributed by atoms with Crippen LogP contribution in [-0.2, 0) is 6.42 Å². The summed E-state index contributed by atoms with van der Waals surface area (Å²) in [6.45, 7) is 2.09. The molecule has 0 radical (unpaired) electrons. The fourth-order valence-electron chi connectivity index (χ4n) is 1.56. The number of benzene rings is 1. The van der Waals surface area contributed by atoms with Crippen molar-refractivity contribution >= 4 is 37.4 Å². The zero-order valence-corrected chi connectivity index (χ0v) is 10.1. The first-order valence-corrected chi connectivity index (χ1v) is 5.93. The molecule has 0 N–H and O–H groups in total. The molecule has 2 aromatic rings. The van der Waals surface area contributed by atoms with E-state index in [1.54, 1.807) is 11.3 Å². The summed E-state index contributed by atoms with van der Waals surface area (Å²) in [4.78, 5) is 0. The minimum Gasteiger partial charge on any atom is -0.198 e. The standard InChI is InChI=1S/C11H8BrNS/c1-7-6-10(12)9(2-4-13)11-8(7)3-5-14-11/h3,5-6H,2H2,1H3. The maximum Gasteiger partial charge on any atom is 0.0670 e. The molecular formula is C11H8BrNS. The van der Waals surface area contributed by atoms with E-state index in [1.165, 1.54) is 15.6 Å². The first kappa shape index (κ1) is 9.70. The van der Waals surface area contributed by atoms with Gasteiger partial charge >= 0.3 is 0 Å². The van der Waals surface area contributed by atoms with Crippen molar-refractivity contribution in [1.82, 2.24) is 0 Å². The lowest BCUT2D eigenvalue weighted by atomic mass is 10.1. The third-order valence-electron chi connectivity index (χ3n) is 2.25. The first-order chi connectivity index (χ1) is 6.74. The molecule has 1 heterocycles. The van der Waals surface area contributed by atoms with Crippen molar-refractivity contribution in [3.8, 4) is 6.07 Å². The van der Waals surface area contributed by atoms with Crippen LogP contribution in [0.4, 0.5) is 0 Å². The molecule has 70 valence electrons. The third-order valence-corrected chi connectivity index (χ3v) is 3.93. The number of fused-ring (bicyclic) bond motifs is 1. The monoisotopic (exact) mass is 265 g/mol. The summed E-state index contributed by atoms with van der Waals surface area (Å²) in [5.74, 6) is 0. The van der Waals surface area contributed by atoms with Gasteiger partial charge in [-0.15, -0.1) is 11.3 Å². The molecule has 0 atom stereocenters. The highest BCUT2D eigenvalue weighted by Crippen LogP contribution is 2.33. The van der Waals surface area contributed by atoms with Gasteiger partial charge in [-0.3, -0.25) is 0 Å². The molecular weight excluding hydrogens is 258 g/mol. The van der Waals surface area contributed by atoms with Crippen LogP contribution in [0.2, 0.25) is 0 Å². The van der Waals surface area contributed by atoms with E-state index in [-0.39, 0.29) is 0 Å². The van der Waals surface area contributed by atoms with Crippen LogP contribution in [0.3, 0.4) is 0 Å². The Morgan fingerprint density at radius 2 is 2.36 bits per heavy atom. The molecule has 0 fully saturated rings. The molecule has 14 heavy (non-hydrogen) atoms. The lowest BCUT2D eigenvalue weighted by Gasteiger charge is -2.04. The average molecular weight is 266 g/mol. The largest absolute Gasteiger partial charge is 0.198 e. The number of nitrogens with zero attached hydrogens (tertiary/aromatic N) is 1. The number of thiophene rings is 1. The Balaban J connectivity index is 2.81. The van der Waals surface area contributed by atoms with Gasteiger partial charge in [0.05, 0.1) is 12.5 Å². The van der Waals surface area contributed by atoms with Crippen LogP contribution in [-0.4, -0.2) is 0 Å². The van der Waals surface area contributed by atoms with Crippen LogP contribution in [0.25, 0.3) is 10.1 Å². The van der Waals surface area contributed by atoms with E-state index in [9.17, 15) is 0 Å². The second-order valence-electron chi connectivity index (χ2n) is 3.15. The van der Waals surface area contributed by atoms with Crippen molar-refractivity contribution in [3.63, 3.8) is 0 Å². The number of halogens is 1. The number of aryl methyl sites for hydroxylation is 1. The van der Waals surface area contributed by atoms with E-state index in [0.29, 0.717) is 6.42 Å². The Bertz CT molecular complexity index is 522. The predicted octanol–water partition coefficient (Wildman–Crippen LogP) is 4.04. The molecule has 2 rings (SSSR count). The summed E-state index contributed by atoms with van der Waals surface area (Å²) < 4.78 is 2.28. The molecule has 0 bridgehead atoms. The van der Waals surface area contributed by atoms with Crippen molar-refractivity contribution in [2.75, 3.05) is 0 Å². The molecule has 0 unspecified atom stereocenters. The zero-order valence-electron chi connectivity index (χ0n) is 7.67. The minimum atomic E-state index is 0.470. The third kappa shape index (κ3) is 1.45. The van der Waals surface area contributed by atoms with Crippen LogP contribution in [0, 0.1) is 18.3 Å². The van der Waals surface area contributed by atoms with Crippen LogP contribution in [0.5, 0.6) is 0 Å². The summed E-state index contributed by atoms with van der Waals surface area (Å²) in [5, 5.41) is 12.1. The van der Waals surface area contributed by atoms with Crippen molar-refractivity contribution in [3.05, 3.63) is 33.1 Å². The molecule has 0 spiro atoms. The lowest BCUT2D eigenvalue weighted by molar-refractivity contribution is 1.27. The van der Waals surface area contributed by atoms with Crippen LogP contribution in [0.1, 0.15) is 11.1 Å². The number of nitriles is 1.